The zero-order valence-electron chi connectivity index (χ0n) is 12.2. The maximum atomic E-state index is 6.52. The third-order valence-electron chi connectivity index (χ3n) is 4.51. The van der Waals surface area contributed by atoms with Crippen molar-refractivity contribution in [1.82, 2.24) is 0 Å². The van der Waals surface area contributed by atoms with Gasteiger partial charge in [0.25, 0.3) is 0 Å². The van der Waals surface area contributed by atoms with E-state index < -0.39 is 0 Å². The summed E-state index contributed by atoms with van der Waals surface area (Å²) in [6.45, 7) is 11.4. The molecule has 94 valence electrons. The van der Waals surface area contributed by atoms with Gasteiger partial charge in [-0.15, -0.1) is 0 Å². The number of hydrogen-bond donors (Lipinski definition) is 0. The van der Waals surface area contributed by atoms with Crippen LogP contribution in [0.1, 0.15) is 86.0 Å². The van der Waals surface area contributed by atoms with E-state index in [0.29, 0.717) is 0 Å². The molecule has 0 N–H and O–H groups in total. The van der Waals surface area contributed by atoms with Crippen molar-refractivity contribution in [2.24, 2.45) is 5.41 Å². The van der Waals surface area contributed by atoms with Gasteiger partial charge in [-0.25, -0.2) is 0 Å². The molecule has 0 unspecified atom stereocenters. The molecule has 0 nitrogen and oxygen atoms in total. The molecule has 0 saturated heterocycles. The number of rotatable bonds is 9. The van der Waals surface area contributed by atoms with Crippen LogP contribution in [0.25, 0.3) is 0 Å². The van der Waals surface area contributed by atoms with Crippen LogP contribution in [-0.2, 0) is 0 Å². The molecule has 0 aromatic rings. The van der Waals surface area contributed by atoms with E-state index >= 15 is 0 Å². The standard InChI is InChI=1S/C15H31B/c1-6-9-10-11-12-13-14(4,5)15(16,7-2)8-3/h6-13H2,1-5H3. The largest absolute Gasteiger partial charge is 0.0753 e. The minimum Gasteiger partial charge on any atom is -0.0655 e. The van der Waals surface area contributed by atoms with E-state index in [9.17, 15) is 0 Å². The number of unbranched alkanes of at least 4 members (excludes halogenated alkanes) is 4. The highest BCUT2D eigenvalue weighted by molar-refractivity contribution is 6.15. The Hall–Kier alpha value is 0.0649. The van der Waals surface area contributed by atoms with Crippen molar-refractivity contribution in [1.29, 1.82) is 0 Å². The Bertz CT molecular complexity index is 168. The molecule has 0 rings (SSSR count). The summed E-state index contributed by atoms with van der Waals surface area (Å²) in [7, 11) is 6.52. The molecule has 0 atom stereocenters. The molecule has 0 heterocycles. The first kappa shape index (κ1) is 16.1. The quantitative estimate of drug-likeness (QED) is 0.356. The minimum atomic E-state index is 0.0256. The molecule has 0 spiro atoms. The molecule has 0 aromatic heterocycles. The third-order valence-corrected chi connectivity index (χ3v) is 4.51. The minimum absolute atomic E-state index is 0.0256. The molecule has 0 saturated carbocycles. The van der Waals surface area contributed by atoms with E-state index in [0.717, 1.165) is 12.8 Å². The second-order valence-electron chi connectivity index (χ2n) is 5.91. The van der Waals surface area contributed by atoms with Crippen LogP contribution < -0.4 is 0 Å². The molecule has 0 aromatic carbocycles. The first-order valence-corrected chi connectivity index (χ1v) is 7.22. The van der Waals surface area contributed by atoms with Gasteiger partial charge in [0, 0.05) is 0 Å². The van der Waals surface area contributed by atoms with Gasteiger partial charge < -0.3 is 0 Å². The summed E-state index contributed by atoms with van der Waals surface area (Å²) in [5.41, 5.74) is 0.280. The Kier molecular flexibility index (Phi) is 7.43. The maximum absolute atomic E-state index is 6.52. The monoisotopic (exact) mass is 222 g/mol. The molecular weight excluding hydrogens is 191 g/mol. The van der Waals surface area contributed by atoms with E-state index in [4.69, 9.17) is 7.85 Å². The third kappa shape index (κ3) is 4.51. The Morgan fingerprint density at radius 1 is 0.812 bits per heavy atom. The molecule has 0 aliphatic heterocycles. The van der Waals surface area contributed by atoms with Crippen molar-refractivity contribution >= 4 is 7.85 Å². The van der Waals surface area contributed by atoms with Crippen LogP contribution in [-0.4, -0.2) is 7.85 Å². The lowest BCUT2D eigenvalue weighted by Gasteiger charge is -2.44. The lowest BCUT2D eigenvalue weighted by Crippen LogP contribution is -2.31. The Balaban J connectivity index is 4.03. The molecule has 0 bridgehead atoms. The summed E-state index contributed by atoms with van der Waals surface area (Å²) in [4.78, 5) is 0. The van der Waals surface area contributed by atoms with Crippen LogP contribution in [0.4, 0.5) is 0 Å². The molecule has 1 heteroatoms. The normalized spacial score (nSPS) is 13.1. The molecule has 0 fully saturated rings. The van der Waals surface area contributed by atoms with Crippen molar-refractivity contribution in [2.45, 2.75) is 91.3 Å². The number of hydrogen-bond acceptors (Lipinski definition) is 0. The van der Waals surface area contributed by atoms with E-state index in [-0.39, 0.29) is 10.7 Å². The van der Waals surface area contributed by atoms with E-state index in [1.807, 2.05) is 0 Å². The van der Waals surface area contributed by atoms with E-state index in [2.05, 4.69) is 34.6 Å². The summed E-state index contributed by atoms with van der Waals surface area (Å²) in [5, 5.41) is 0.0256. The van der Waals surface area contributed by atoms with Gasteiger partial charge in [0.1, 0.15) is 0 Å². The fraction of sp³-hybridized carbons (Fsp3) is 1.00. The second kappa shape index (κ2) is 7.40. The first-order valence-electron chi connectivity index (χ1n) is 7.22. The van der Waals surface area contributed by atoms with Crippen molar-refractivity contribution < 1.29 is 0 Å². The van der Waals surface area contributed by atoms with Crippen LogP contribution >= 0.6 is 0 Å². The summed E-state index contributed by atoms with van der Waals surface area (Å²) in [5.74, 6) is 0. The van der Waals surface area contributed by atoms with E-state index in [1.54, 1.807) is 0 Å². The van der Waals surface area contributed by atoms with Crippen molar-refractivity contribution in [3.63, 3.8) is 0 Å². The molecular formula is C15H31B. The van der Waals surface area contributed by atoms with Crippen molar-refractivity contribution in [3.05, 3.63) is 0 Å². The van der Waals surface area contributed by atoms with Crippen LogP contribution in [0.15, 0.2) is 0 Å². The topological polar surface area (TPSA) is 0 Å². The van der Waals surface area contributed by atoms with Crippen LogP contribution in [0.2, 0.25) is 5.31 Å². The second-order valence-corrected chi connectivity index (χ2v) is 5.91. The zero-order valence-corrected chi connectivity index (χ0v) is 12.2. The van der Waals surface area contributed by atoms with Gasteiger partial charge in [-0.2, -0.15) is 0 Å². The molecule has 2 radical (unpaired) electrons. The van der Waals surface area contributed by atoms with Gasteiger partial charge in [-0.3, -0.25) is 0 Å². The fourth-order valence-corrected chi connectivity index (χ4v) is 2.63. The first-order chi connectivity index (χ1) is 7.43. The molecule has 0 aliphatic rings. The maximum Gasteiger partial charge on any atom is 0.0753 e. The molecule has 16 heavy (non-hydrogen) atoms. The molecule has 0 aliphatic carbocycles. The van der Waals surface area contributed by atoms with Crippen LogP contribution in [0.5, 0.6) is 0 Å². The van der Waals surface area contributed by atoms with Gasteiger partial charge in [0.15, 0.2) is 0 Å². The van der Waals surface area contributed by atoms with Crippen molar-refractivity contribution in [3.8, 4) is 0 Å². The summed E-state index contributed by atoms with van der Waals surface area (Å²) < 4.78 is 0. The molecule has 0 amide bonds. The Labute approximate surface area is 105 Å². The summed E-state index contributed by atoms with van der Waals surface area (Å²) >= 11 is 0. The predicted molar refractivity (Wildman–Crippen MR) is 76.2 cm³/mol. The fourth-order valence-electron chi connectivity index (χ4n) is 2.63. The van der Waals surface area contributed by atoms with Crippen LogP contribution in [0, 0.1) is 5.41 Å². The van der Waals surface area contributed by atoms with Gasteiger partial charge in [0.2, 0.25) is 0 Å². The van der Waals surface area contributed by atoms with Gasteiger partial charge in [-0.05, 0) is 11.8 Å². The zero-order chi connectivity index (χ0) is 12.7. The summed E-state index contributed by atoms with van der Waals surface area (Å²) in [6, 6.07) is 0. The summed E-state index contributed by atoms with van der Waals surface area (Å²) in [6.07, 6.45) is 10.3. The van der Waals surface area contributed by atoms with Gasteiger partial charge in [0.05, 0.1) is 7.85 Å². The Morgan fingerprint density at radius 2 is 1.31 bits per heavy atom. The van der Waals surface area contributed by atoms with Gasteiger partial charge in [-0.1, -0.05) is 84.9 Å². The van der Waals surface area contributed by atoms with Crippen LogP contribution in [0.3, 0.4) is 0 Å². The highest BCUT2D eigenvalue weighted by Crippen LogP contribution is 2.51. The smallest absolute Gasteiger partial charge is 0.0655 e. The van der Waals surface area contributed by atoms with Crippen molar-refractivity contribution in [2.75, 3.05) is 0 Å². The van der Waals surface area contributed by atoms with E-state index in [1.165, 1.54) is 38.5 Å². The highest BCUT2D eigenvalue weighted by Gasteiger charge is 2.36. The lowest BCUT2D eigenvalue weighted by atomic mass is 9.50. The average molecular weight is 222 g/mol. The average Bonchev–Trinajstić information content (AvgIpc) is 2.27. The lowest BCUT2D eigenvalue weighted by molar-refractivity contribution is 0.195. The Morgan fingerprint density at radius 3 is 1.75 bits per heavy atom. The highest BCUT2D eigenvalue weighted by atomic mass is 14.4. The van der Waals surface area contributed by atoms with Gasteiger partial charge >= 0.3 is 0 Å². The SMILES string of the molecule is [B]C(CC)(CC)C(C)(C)CCCCCCC. The predicted octanol–water partition coefficient (Wildman–Crippen LogP) is 5.52.